The molecule has 1 aliphatic heterocycles. The first-order valence-corrected chi connectivity index (χ1v) is 10.2. The van der Waals surface area contributed by atoms with E-state index in [4.69, 9.17) is 11.6 Å². The van der Waals surface area contributed by atoms with Crippen LogP contribution in [0.4, 0.5) is 4.79 Å². The Balaban J connectivity index is 1.48. The van der Waals surface area contributed by atoms with E-state index in [-0.39, 0.29) is 12.6 Å². The van der Waals surface area contributed by atoms with Crippen LogP contribution >= 0.6 is 11.6 Å². The monoisotopic (exact) mass is 379 g/mol. The highest BCUT2D eigenvalue weighted by atomic mass is 35.5. The summed E-state index contributed by atoms with van der Waals surface area (Å²) in [5.74, 6) is 0.524. The van der Waals surface area contributed by atoms with Gasteiger partial charge in [0.05, 0.1) is 6.61 Å². The quantitative estimate of drug-likeness (QED) is 0.765. The average molecular weight is 380 g/mol. The third-order valence-corrected chi connectivity index (χ3v) is 6.05. The number of likely N-dealkylation sites (tertiary alicyclic amines) is 1. The average Bonchev–Trinajstić information content (AvgIpc) is 3.32. The van der Waals surface area contributed by atoms with Gasteiger partial charge in [0.2, 0.25) is 0 Å². The molecule has 0 spiro atoms. The van der Waals surface area contributed by atoms with Crippen LogP contribution < -0.4 is 5.32 Å². The Kier molecular flexibility index (Phi) is 7.17. The number of nitrogens with zero attached hydrogens (tertiary/aromatic N) is 2. The first-order valence-electron chi connectivity index (χ1n) is 9.78. The van der Waals surface area contributed by atoms with Crippen LogP contribution in [0, 0.1) is 5.92 Å². The number of aliphatic hydroxyl groups is 1. The first kappa shape index (κ1) is 19.5. The molecular formula is C20H30ClN3O2. The Morgan fingerprint density at radius 3 is 2.77 bits per heavy atom. The topological polar surface area (TPSA) is 55.8 Å². The summed E-state index contributed by atoms with van der Waals surface area (Å²) in [6, 6.07) is 8.16. The molecule has 1 saturated heterocycles. The molecule has 3 rings (SSSR count). The van der Waals surface area contributed by atoms with Crippen LogP contribution in [-0.4, -0.2) is 59.8 Å². The van der Waals surface area contributed by atoms with Crippen molar-refractivity contribution in [2.45, 2.75) is 44.7 Å². The maximum Gasteiger partial charge on any atom is 0.317 e. The molecule has 1 aromatic carbocycles. The van der Waals surface area contributed by atoms with Gasteiger partial charge in [-0.1, -0.05) is 42.6 Å². The number of rotatable bonds is 7. The molecule has 0 bridgehead atoms. The summed E-state index contributed by atoms with van der Waals surface area (Å²) in [6.07, 6.45) is 6.55. The lowest BCUT2D eigenvalue weighted by molar-refractivity contribution is 0.172. The zero-order chi connectivity index (χ0) is 18.4. The Bertz CT molecular complexity index is 592. The second-order valence-corrected chi connectivity index (χ2v) is 7.92. The normalized spacial score (nSPS) is 21.2. The van der Waals surface area contributed by atoms with Crippen molar-refractivity contribution in [2.24, 2.45) is 5.92 Å². The van der Waals surface area contributed by atoms with E-state index in [9.17, 15) is 9.90 Å². The number of hydrogen-bond donors (Lipinski definition) is 2. The standard InChI is InChI=1S/C20H30ClN3O2/c21-19-8-4-1-5-17(19)15-24(11-12-25)20(26)22-13-16-9-10-23(14-16)18-6-2-3-7-18/h1,4-5,8,16,18,25H,2-3,6-7,9-15H2,(H,22,26)/t16-/m1/s1. The van der Waals surface area contributed by atoms with Gasteiger partial charge in [-0.25, -0.2) is 4.79 Å². The molecule has 144 valence electrons. The van der Waals surface area contributed by atoms with Crippen molar-refractivity contribution in [3.05, 3.63) is 34.9 Å². The molecule has 1 saturated carbocycles. The van der Waals surface area contributed by atoms with Crippen LogP contribution in [0.1, 0.15) is 37.7 Å². The Hall–Kier alpha value is -1.30. The van der Waals surface area contributed by atoms with E-state index in [1.165, 1.54) is 25.7 Å². The minimum Gasteiger partial charge on any atom is -0.395 e. The number of urea groups is 1. The predicted molar refractivity (Wildman–Crippen MR) is 104 cm³/mol. The second-order valence-electron chi connectivity index (χ2n) is 7.51. The van der Waals surface area contributed by atoms with Gasteiger partial charge in [-0.05, 0) is 43.4 Å². The lowest BCUT2D eigenvalue weighted by Crippen LogP contribution is -2.43. The Morgan fingerprint density at radius 2 is 2.04 bits per heavy atom. The zero-order valence-corrected chi connectivity index (χ0v) is 16.1. The molecule has 2 aliphatic rings. The van der Waals surface area contributed by atoms with E-state index < -0.39 is 0 Å². The first-order chi connectivity index (χ1) is 12.7. The summed E-state index contributed by atoms with van der Waals surface area (Å²) in [6.45, 7) is 3.60. The third-order valence-electron chi connectivity index (χ3n) is 5.68. The summed E-state index contributed by atoms with van der Waals surface area (Å²) in [5, 5.41) is 13.0. The van der Waals surface area contributed by atoms with Crippen molar-refractivity contribution in [3.63, 3.8) is 0 Å². The maximum atomic E-state index is 12.6. The second kappa shape index (κ2) is 9.58. The van der Waals surface area contributed by atoms with Crippen LogP contribution in [0.3, 0.4) is 0 Å². The van der Waals surface area contributed by atoms with E-state index in [0.29, 0.717) is 30.6 Å². The zero-order valence-electron chi connectivity index (χ0n) is 15.4. The van der Waals surface area contributed by atoms with Crippen molar-refractivity contribution in [3.8, 4) is 0 Å². The van der Waals surface area contributed by atoms with Crippen molar-refractivity contribution in [2.75, 3.05) is 32.8 Å². The van der Waals surface area contributed by atoms with E-state index >= 15 is 0 Å². The number of carbonyl (C=O) groups is 1. The molecule has 0 radical (unpaired) electrons. The van der Waals surface area contributed by atoms with E-state index in [0.717, 1.165) is 31.1 Å². The molecule has 6 heteroatoms. The van der Waals surface area contributed by atoms with Gasteiger partial charge in [-0.2, -0.15) is 0 Å². The largest absolute Gasteiger partial charge is 0.395 e. The maximum absolute atomic E-state index is 12.6. The molecule has 1 aliphatic carbocycles. The summed E-state index contributed by atoms with van der Waals surface area (Å²) < 4.78 is 0. The van der Waals surface area contributed by atoms with Gasteiger partial charge >= 0.3 is 6.03 Å². The summed E-state index contributed by atoms with van der Waals surface area (Å²) in [5.41, 5.74) is 0.894. The Labute approximate surface area is 161 Å². The highest BCUT2D eigenvalue weighted by Gasteiger charge is 2.30. The van der Waals surface area contributed by atoms with Crippen molar-refractivity contribution in [1.82, 2.24) is 15.1 Å². The minimum atomic E-state index is -0.127. The van der Waals surface area contributed by atoms with Crippen LogP contribution in [0.25, 0.3) is 0 Å². The lowest BCUT2D eigenvalue weighted by atomic mass is 10.1. The molecule has 1 heterocycles. The fourth-order valence-electron chi connectivity index (χ4n) is 4.18. The third kappa shape index (κ3) is 5.12. The van der Waals surface area contributed by atoms with Gasteiger partial charge in [0, 0.05) is 37.2 Å². The molecule has 2 amide bonds. The van der Waals surface area contributed by atoms with Crippen LogP contribution in [0.2, 0.25) is 5.02 Å². The van der Waals surface area contributed by atoms with Gasteiger partial charge in [-0.3, -0.25) is 0 Å². The number of aliphatic hydroxyl groups excluding tert-OH is 1. The molecule has 1 atom stereocenters. The number of halogens is 1. The highest BCUT2D eigenvalue weighted by Crippen LogP contribution is 2.28. The summed E-state index contributed by atoms with van der Waals surface area (Å²) in [4.78, 5) is 16.8. The van der Waals surface area contributed by atoms with Crippen molar-refractivity contribution < 1.29 is 9.90 Å². The molecule has 2 fully saturated rings. The van der Waals surface area contributed by atoms with Crippen LogP contribution in [0.15, 0.2) is 24.3 Å². The van der Waals surface area contributed by atoms with E-state index in [2.05, 4.69) is 10.2 Å². The number of carbonyl (C=O) groups excluding carboxylic acids is 1. The minimum absolute atomic E-state index is 0.0588. The number of hydrogen-bond acceptors (Lipinski definition) is 3. The molecule has 26 heavy (non-hydrogen) atoms. The smallest absolute Gasteiger partial charge is 0.317 e. The summed E-state index contributed by atoms with van der Waals surface area (Å²) in [7, 11) is 0. The number of benzene rings is 1. The number of nitrogens with one attached hydrogen (secondary N) is 1. The lowest BCUT2D eigenvalue weighted by Gasteiger charge is -2.25. The van der Waals surface area contributed by atoms with E-state index in [1.54, 1.807) is 4.90 Å². The molecular weight excluding hydrogens is 350 g/mol. The van der Waals surface area contributed by atoms with Gasteiger partial charge in [0.15, 0.2) is 0 Å². The molecule has 0 unspecified atom stereocenters. The fourth-order valence-corrected chi connectivity index (χ4v) is 4.37. The van der Waals surface area contributed by atoms with Crippen LogP contribution in [-0.2, 0) is 6.54 Å². The molecule has 2 N–H and O–H groups in total. The molecule has 1 aromatic rings. The van der Waals surface area contributed by atoms with Crippen LogP contribution in [0.5, 0.6) is 0 Å². The van der Waals surface area contributed by atoms with Gasteiger partial charge in [-0.15, -0.1) is 0 Å². The van der Waals surface area contributed by atoms with Crippen molar-refractivity contribution in [1.29, 1.82) is 0 Å². The molecule has 5 nitrogen and oxygen atoms in total. The highest BCUT2D eigenvalue weighted by molar-refractivity contribution is 6.31. The van der Waals surface area contributed by atoms with Gasteiger partial charge in [0.1, 0.15) is 0 Å². The summed E-state index contributed by atoms with van der Waals surface area (Å²) >= 11 is 6.21. The van der Waals surface area contributed by atoms with E-state index in [1.807, 2.05) is 24.3 Å². The van der Waals surface area contributed by atoms with Gasteiger partial charge < -0.3 is 20.2 Å². The Morgan fingerprint density at radius 1 is 1.27 bits per heavy atom. The van der Waals surface area contributed by atoms with Gasteiger partial charge in [0.25, 0.3) is 0 Å². The molecule has 0 aromatic heterocycles. The number of amides is 2. The van der Waals surface area contributed by atoms with Crippen molar-refractivity contribution >= 4 is 17.6 Å². The predicted octanol–water partition coefficient (Wildman–Crippen LogP) is 3.11. The SMILES string of the molecule is O=C(NC[C@H]1CCN(C2CCCC2)C1)N(CCO)Cc1ccccc1Cl. The fraction of sp³-hybridized carbons (Fsp3) is 0.650.